The van der Waals surface area contributed by atoms with E-state index >= 15 is 0 Å². The SMILES string of the molecule is NC1(C(=O)O)CCc2onc(C3CC3)c21. The van der Waals surface area contributed by atoms with Crippen LogP contribution in [0.15, 0.2) is 4.52 Å². The number of carbonyl (C=O) groups is 1. The van der Waals surface area contributed by atoms with Gasteiger partial charge in [0.15, 0.2) is 0 Å². The van der Waals surface area contributed by atoms with Crippen LogP contribution in [-0.4, -0.2) is 16.2 Å². The molecule has 0 aliphatic heterocycles. The maximum atomic E-state index is 11.2. The summed E-state index contributed by atoms with van der Waals surface area (Å²) in [7, 11) is 0. The van der Waals surface area contributed by atoms with Gasteiger partial charge in [0.05, 0.1) is 5.69 Å². The number of rotatable bonds is 2. The minimum Gasteiger partial charge on any atom is -0.480 e. The van der Waals surface area contributed by atoms with E-state index in [4.69, 9.17) is 15.4 Å². The van der Waals surface area contributed by atoms with Crippen molar-refractivity contribution in [2.75, 3.05) is 0 Å². The zero-order valence-corrected chi connectivity index (χ0v) is 8.19. The fourth-order valence-corrected chi connectivity index (χ4v) is 2.27. The second-order valence-electron chi connectivity index (χ2n) is 4.42. The van der Waals surface area contributed by atoms with Gasteiger partial charge in [-0.15, -0.1) is 0 Å². The van der Waals surface area contributed by atoms with E-state index < -0.39 is 11.5 Å². The third kappa shape index (κ3) is 1.07. The van der Waals surface area contributed by atoms with Crippen LogP contribution in [0.25, 0.3) is 0 Å². The molecule has 0 radical (unpaired) electrons. The minimum atomic E-state index is -1.27. The summed E-state index contributed by atoms with van der Waals surface area (Å²) < 4.78 is 5.16. The second kappa shape index (κ2) is 2.61. The number of aromatic nitrogens is 1. The van der Waals surface area contributed by atoms with E-state index in [2.05, 4.69) is 5.16 Å². The summed E-state index contributed by atoms with van der Waals surface area (Å²) in [6.07, 6.45) is 3.12. The smallest absolute Gasteiger partial charge is 0.328 e. The van der Waals surface area contributed by atoms with Crippen LogP contribution in [0.5, 0.6) is 0 Å². The molecule has 0 aromatic carbocycles. The van der Waals surface area contributed by atoms with Crippen LogP contribution in [-0.2, 0) is 16.8 Å². The van der Waals surface area contributed by atoms with E-state index in [0.29, 0.717) is 30.1 Å². The number of carboxylic acids is 1. The van der Waals surface area contributed by atoms with Crippen LogP contribution >= 0.6 is 0 Å². The van der Waals surface area contributed by atoms with Gasteiger partial charge in [-0.05, 0) is 19.3 Å². The van der Waals surface area contributed by atoms with Gasteiger partial charge >= 0.3 is 5.97 Å². The fraction of sp³-hybridized carbons (Fsp3) is 0.600. The van der Waals surface area contributed by atoms with E-state index in [-0.39, 0.29) is 0 Å². The highest BCUT2D eigenvalue weighted by atomic mass is 16.5. The number of carboxylic acid groups (broad SMARTS) is 1. The molecule has 3 N–H and O–H groups in total. The van der Waals surface area contributed by atoms with Crippen molar-refractivity contribution in [2.24, 2.45) is 5.73 Å². The summed E-state index contributed by atoms with van der Waals surface area (Å²) in [6.45, 7) is 0. The van der Waals surface area contributed by atoms with Gasteiger partial charge in [-0.3, -0.25) is 0 Å². The number of fused-ring (bicyclic) bond motifs is 1. The van der Waals surface area contributed by atoms with E-state index in [1.807, 2.05) is 0 Å². The number of nitrogens with two attached hydrogens (primary N) is 1. The number of aryl methyl sites for hydroxylation is 1. The van der Waals surface area contributed by atoms with E-state index in [9.17, 15) is 4.79 Å². The Balaban J connectivity index is 2.14. The third-order valence-corrected chi connectivity index (χ3v) is 3.33. The zero-order valence-electron chi connectivity index (χ0n) is 8.19. The van der Waals surface area contributed by atoms with Crippen LogP contribution in [0.1, 0.15) is 42.2 Å². The van der Waals surface area contributed by atoms with Crippen LogP contribution < -0.4 is 5.73 Å². The first-order valence-electron chi connectivity index (χ1n) is 5.14. The van der Waals surface area contributed by atoms with Gasteiger partial charge in [-0.1, -0.05) is 5.16 Å². The van der Waals surface area contributed by atoms with Crippen molar-refractivity contribution in [1.82, 2.24) is 5.16 Å². The fourth-order valence-electron chi connectivity index (χ4n) is 2.27. The molecule has 1 fully saturated rings. The van der Waals surface area contributed by atoms with Crippen LogP contribution in [0.2, 0.25) is 0 Å². The van der Waals surface area contributed by atoms with Crippen molar-refractivity contribution in [2.45, 2.75) is 37.1 Å². The molecule has 0 amide bonds. The number of hydrogen-bond donors (Lipinski definition) is 2. The first kappa shape index (κ1) is 8.91. The molecule has 0 saturated heterocycles. The summed E-state index contributed by atoms with van der Waals surface area (Å²) in [6, 6.07) is 0. The summed E-state index contributed by atoms with van der Waals surface area (Å²) in [4.78, 5) is 11.2. The van der Waals surface area contributed by atoms with Gasteiger partial charge in [0.1, 0.15) is 11.3 Å². The molecule has 15 heavy (non-hydrogen) atoms. The van der Waals surface area contributed by atoms with Crippen molar-refractivity contribution < 1.29 is 14.4 Å². The summed E-state index contributed by atoms with van der Waals surface area (Å²) in [5.74, 6) is 0.0611. The molecule has 2 aliphatic rings. The molecule has 2 aliphatic carbocycles. The van der Waals surface area contributed by atoms with Crippen LogP contribution in [0.4, 0.5) is 0 Å². The summed E-state index contributed by atoms with van der Waals surface area (Å²) in [5.41, 5.74) is 6.09. The molecule has 3 rings (SSSR count). The van der Waals surface area contributed by atoms with Gasteiger partial charge in [-0.25, -0.2) is 4.79 Å². The molecule has 80 valence electrons. The van der Waals surface area contributed by atoms with Gasteiger partial charge in [0.2, 0.25) is 0 Å². The van der Waals surface area contributed by atoms with Crippen molar-refractivity contribution >= 4 is 5.97 Å². The Morgan fingerprint density at radius 1 is 1.60 bits per heavy atom. The predicted molar refractivity (Wildman–Crippen MR) is 50.3 cm³/mol. The topological polar surface area (TPSA) is 89.4 Å². The minimum absolute atomic E-state index is 0.373. The van der Waals surface area contributed by atoms with Crippen LogP contribution in [0.3, 0.4) is 0 Å². The number of aliphatic carboxylic acids is 1. The highest BCUT2D eigenvalue weighted by Gasteiger charge is 2.49. The lowest BCUT2D eigenvalue weighted by atomic mass is 9.92. The number of hydrogen-bond acceptors (Lipinski definition) is 4. The van der Waals surface area contributed by atoms with Gasteiger partial charge in [0.25, 0.3) is 0 Å². The van der Waals surface area contributed by atoms with Gasteiger partial charge < -0.3 is 15.4 Å². The molecule has 5 nitrogen and oxygen atoms in total. The third-order valence-electron chi connectivity index (χ3n) is 3.33. The van der Waals surface area contributed by atoms with Crippen LogP contribution in [0, 0.1) is 0 Å². The molecular weight excluding hydrogens is 196 g/mol. The summed E-state index contributed by atoms with van der Waals surface area (Å²) in [5, 5.41) is 13.1. The Hall–Kier alpha value is -1.36. The monoisotopic (exact) mass is 208 g/mol. The lowest BCUT2D eigenvalue weighted by molar-refractivity contribution is -0.143. The maximum absolute atomic E-state index is 11.2. The Bertz CT molecular complexity index is 436. The second-order valence-corrected chi connectivity index (χ2v) is 4.42. The lowest BCUT2D eigenvalue weighted by Crippen LogP contribution is -2.43. The molecular formula is C10H12N2O3. The first-order chi connectivity index (χ1) is 7.13. The predicted octanol–water partition coefficient (Wildman–Crippen LogP) is 0.737. The van der Waals surface area contributed by atoms with Crippen molar-refractivity contribution in [3.05, 3.63) is 17.0 Å². The largest absolute Gasteiger partial charge is 0.480 e. The average molecular weight is 208 g/mol. The Kier molecular flexibility index (Phi) is 1.55. The molecule has 1 aromatic rings. The average Bonchev–Trinajstić information content (AvgIpc) is 2.85. The highest BCUT2D eigenvalue weighted by molar-refractivity contribution is 5.82. The van der Waals surface area contributed by atoms with E-state index in [0.717, 1.165) is 18.5 Å². The molecule has 1 heterocycles. The molecule has 1 unspecified atom stereocenters. The Morgan fingerprint density at radius 3 is 2.93 bits per heavy atom. The molecule has 1 saturated carbocycles. The quantitative estimate of drug-likeness (QED) is 0.748. The number of nitrogens with zero attached hydrogens (tertiary/aromatic N) is 1. The molecule has 5 heteroatoms. The Morgan fingerprint density at radius 2 is 2.33 bits per heavy atom. The zero-order chi connectivity index (χ0) is 10.6. The molecule has 0 bridgehead atoms. The maximum Gasteiger partial charge on any atom is 0.328 e. The van der Waals surface area contributed by atoms with Crippen molar-refractivity contribution in [3.8, 4) is 0 Å². The first-order valence-corrected chi connectivity index (χ1v) is 5.14. The van der Waals surface area contributed by atoms with Gasteiger partial charge in [0, 0.05) is 17.9 Å². The summed E-state index contributed by atoms with van der Waals surface area (Å²) >= 11 is 0. The molecule has 1 atom stereocenters. The molecule has 1 aromatic heterocycles. The lowest BCUT2D eigenvalue weighted by Gasteiger charge is -2.18. The molecule has 0 spiro atoms. The van der Waals surface area contributed by atoms with Crippen molar-refractivity contribution in [1.29, 1.82) is 0 Å². The van der Waals surface area contributed by atoms with E-state index in [1.165, 1.54) is 0 Å². The highest BCUT2D eigenvalue weighted by Crippen LogP contribution is 2.47. The van der Waals surface area contributed by atoms with Crippen molar-refractivity contribution in [3.63, 3.8) is 0 Å². The normalized spacial score (nSPS) is 29.1. The van der Waals surface area contributed by atoms with Gasteiger partial charge in [-0.2, -0.15) is 0 Å². The van der Waals surface area contributed by atoms with E-state index in [1.54, 1.807) is 0 Å². The standard InChI is InChI=1S/C10H12N2O3/c11-10(9(13)14)4-3-6-7(10)8(12-15-6)5-1-2-5/h5H,1-4,11H2,(H,13,14). The Labute approximate surface area is 86.2 Å².